The van der Waals surface area contributed by atoms with E-state index in [1.165, 1.54) is 12.1 Å². The number of halogens is 1. The van der Waals surface area contributed by atoms with Gasteiger partial charge in [-0.1, -0.05) is 18.2 Å². The van der Waals surface area contributed by atoms with E-state index in [-0.39, 0.29) is 5.82 Å². The average Bonchev–Trinajstić information content (AvgIpc) is 2.47. The molecule has 0 spiro atoms. The van der Waals surface area contributed by atoms with Crippen LogP contribution in [-0.4, -0.2) is 18.8 Å². The van der Waals surface area contributed by atoms with E-state index < -0.39 is 0 Å². The maximum Gasteiger partial charge on any atom is 0.170 e. The predicted octanol–water partition coefficient (Wildman–Crippen LogP) is 3.36. The summed E-state index contributed by atoms with van der Waals surface area (Å²) in [6, 6.07) is 14.1. The Labute approximate surface area is 129 Å². The first-order chi connectivity index (χ1) is 10.2. The molecule has 0 saturated carbocycles. The van der Waals surface area contributed by atoms with Crippen molar-refractivity contribution in [2.45, 2.75) is 6.42 Å². The Hall–Kier alpha value is -2.14. The van der Waals surface area contributed by atoms with E-state index in [4.69, 9.17) is 17.0 Å². The average molecular weight is 304 g/mol. The molecule has 0 aliphatic rings. The van der Waals surface area contributed by atoms with E-state index in [0.717, 1.165) is 17.7 Å². The van der Waals surface area contributed by atoms with Crippen LogP contribution >= 0.6 is 12.2 Å². The lowest BCUT2D eigenvalue weighted by atomic mass is 10.1. The highest BCUT2D eigenvalue weighted by molar-refractivity contribution is 7.80. The summed E-state index contributed by atoms with van der Waals surface area (Å²) in [6.45, 7) is 0.689. The molecule has 0 aliphatic carbocycles. The number of ether oxygens (including phenoxy) is 1. The maximum absolute atomic E-state index is 13.0. The van der Waals surface area contributed by atoms with Crippen LogP contribution in [0.2, 0.25) is 0 Å². The first-order valence-electron chi connectivity index (χ1n) is 6.61. The second kappa shape index (κ2) is 7.59. The number of nitrogens with one attached hydrogen (secondary N) is 2. The van der Waals surface area contributed by atoms with Gasteiger partial charge < -0.3 is 15.4 Å². The van der Waals surface area contributed by atoms with Gasteiger partial charge in [0.15, 0.2) is 5.11 Å². The molecule has 110 valence electrons. The summed E-state index contributed by atoms with van der Waals surface area (Å²) in [7, 11) is 1.65. The van der Waals surface area contributed by atoms with E-state index in [2.05, 4.69) is 10.6 Å². The zero-order chi connectivity index (χ0) is 15.1. The molecule has 0 fully saturated rings. The van der Waals surface area contributed by atoms with E-state index in [1.807, 2.05) is 24.3 Å². The van der Waals surface area contributed by atoms with Gasteiger partial charge in [-0.25, -0.2) is 4.39 Å². The largest absolute Gasteiger partial charge is 0.497 e. The van der Waals surface area contributed by atoms with Crippen LogP contribution < -0.4 is 15.4 Å². The van der Waals surface area contributed by atoms with E-state index in [0.29, 0.717) is 17.3 Å². The van der Waals surface area contributed by atoms with Gasteiger partial charge in [-0.3, -0.25) is 0 Å². The Kier molecular flexibility index (Phi) is 5.51. The fourth-order valence-corrected chi connectivity index (χ4v) is 2.11. The Morgan fingerprint density at radius 1 is 1.19 bits per heavy atom. The third-order valence-electron chi connectivity index (χ3n) is 2.92. The SMILES string of the molecule is COc1cccc(CCNC(=S)Nc2cccc(F)c2)c1. The van der Waals surface area contributed by atoms with Crippen molar-refractivity contribution in [2.75, 3.05) is 19.0 Å². The summed E-state index contributed by atoms with van der Waals surface area (Å²) in [5.41, 5.74) is 1.80. The number of hydrogen-bond acceptors (Lipinski definition) is 2. The number of anilines is 1. The van der Waals surface area contributed by atoms with Crippen LogP contribution in [0.15, 0.2) is 48.5 Å². The van der Waals surface area contributed by atoms with E-state index >= 15 is 0 Å². The van der Waals surface area contributed by atoms with E-state index in [1.54, 1.807) is 19.2 Å². The lowest BCUT2D eigenvalue weighted by molar-refractivity contribution is 0.414. The summed E-state index contributed by atoms with van der Waals surface area (Å²) in [5, 5.41) is 6.52. The summed E-state index contributed by atoms with van der Waals surface area (Å²) >= 11 is 5.17. The normalized spacial score (nSPS) is 10.0. The topological polar surface area (TPSA) is 33.3 Å². The Morgan fingerprint density at radius 3 is 2.76 bits per heavy atom. The highest BCUT2D eigenvalue weighted by Crippen LogP contribution is 2.12. The standard InChI is InChI=1S/C16H17FN2OS/c1-20-15-7-2-4-12(10-15)8-9-18-16(21)19-14-6-3-5-13(17)11-14/h2-7,10-11H,8-9H2,1H3,(H2,18,19,21). The molecule has 0 unspecified atom stereocenters. The molecule has 0 radical (unpaired) electrons. The monoisotopic (exact) mass is 304 g/mol. The Morgan fingerprint density at radius 2 is 2.00 bits per heavy atom. The van der Waals surface area contributed by atoms with Gasteiger partial charge in [-0.2, -0.15) is 0 Å². The molecule has 2 aromatic rings. The van der Waals surface area contributed by atoms with Crippen molar-refractivity contribution in [3.63, 3.8) is 0 Å². The molecule has 5 heteroatoms. The van der Waals surface area contributed by atoms with Crippen molar-refractivity contribution < 1.29 is 9.13 Å². The van der Waals surface area contributed by atoms with Crippen LogP contribution in [0.5, 0.6) is 5.75 Å². The third-order valence-corrected chi connectivity index (χ3v) is 3.16. The molecule has 0 bridgehead atoms. The second-order valence-electron chi connectivity index (χ2n) is 4.49. The maximum atomic E-state index is 13.0. The second-order valence-corrected chi connectivity index (χ2v) is 4.90. The molecule has 3 nitrogen and oxygen atoms in total. The summed E-state index contributed by atoms with van der Waals surface area (Å²) < 4.78 is 18.2. The number of benzene rings is 2. The molecule has 0 heterocycles. The van der Waals surface area contributed by atoms with Gasteiger partial charge in [0.2, 0.25) is 0 Å². The lowest BCUT2D eigenvalue weighted by Crippen LogP contribution is -2.30. The molecule has 0 aromatic heterocycles. The van der Waals surface area contributed by atoms with Gasteiger partial charge in [0.05, 0.1) is 7.11 Å². The molecule has 0 saturated heterocycles. The summed E-state index contributed by atoms with van der Waals surface area (Å²) in [6.07, 6.45) is 0.822. The van der Waals surface area contributed by atoms with Crippen LogP contribution in [0, 0.1) is 5.82 Å². The zero-order valence-corrected chi connectivity index (χ0v) is 12.5. The van der Waals surface area contributed by atoms with Gasteiger partial charge in [0.25, 0.3) is 0 Å². The van der Waals surface area contributed by atoms with Gasteiger partial charge >= 0.3 is 0 Å². The van der Waals surface area contributed by atoms with Gasteiger partial charge in [0, 0.05) is 12.2 Å². The van der Waals surface area contributed by atoms with Crippen molar-refractivity contribution in [2.24, 2.45) is 0 Å². The molecule has 0 amide bonds. The van der Waals surface area contributed by atoms with Crippen LogP contribution in [-0.2, 0) is 6.42 Å². The van der Waals surface area contributed by atoms with Crippen molar-refractivity contribution in [3.8, 4) is 5.75 Å². The molecular weight excluding hydrogens is 287 g/mol. The molecule has 0 aliphatic heterocycles. The van der Waals surface area contributed by atoms with E-state index in [9.17, 15) is 4.39 Å². The van der Waals surface area contributed by atoms with Crippen LogP contribution in [0.1, 0.15) is 5.56 Å². The third kappa shape index (κ3) is 5.04. The number of rotatable bonds is 5. The van der Waals surface area contributed by atoms with Crippen molar-refractivity contribution in [1.29, 1.82) is 0 Å². The highest BCUT2D eigenvalue weighted by Gasteiger charge is 2.00. The Balaban J connectivity index is 1.79. The number of thiocarbonyl (C=S) groups is 1. The Bertz CT molecular complexity index is 619. The molecular formula is C16H17FN2OS. The fraction of sp³-hybridized carbons (Fsp3) is 0.188. The van der Waals surface area contributed by atoms with Crippen LogP contribution in [0.3, 0.4) is 0 Å². The molecule has 21 heavy (non-hydrogen) atoms. The smallest absolute Gasteiger partial charge is 0.170 e. The number of hydrogen-bond donors (Lipinski definition) is 2. The quantitative estimate of drug-likeness (QED) is 0.830. The van der Waals surface area contributed by atoms with Crippen molar-refractivity contribution in [3.05, 3.63) is 59.9 Å². The fourth-order valence-electron chi connectivity index (χ4n) is 1.89. The van der Waals surface area contributed by atoms with Gasteiger partial charge in [-0.15, -0.1) is 0 Å². The minimum atomic E-state index is -0.292. The minimum absolute atomic E-state index is 0.292. The highest BCUT2D eigenvalue weighted by atomic mass is 32.1. The molecule has 2 rings (SSSR count). The predicted molar refractivity (Wildman–Crippen MR) is 87.3 cm³/mol. The van der Waals surface area contributed by atoms with Crippen molar-refractivity contribution in [1.82, 2.24) is 5.32 Å². The van der Waals surface area contributed by atoms with Crippen LogP contribution in [0.25, 0.3) is 0 Å². The first-order valence-corrected chi connectivity index (χ1v) is 7.01. The molecule has 2 aromatic carbocycles. The zero-order valence-electron chi connectivity index (χ0n) is 11.7. The van der Waals surface area contributed by atoms with Crippen molar-refractivity contribution >= 4 is 23.0 Å². The summed E-state index contributed by atoms with van der Waals surface area (Å²) in [5.74, 6) is 0.548. The minimum Gasteiger partial charge on any atom is -0.497 e. The first kappa shape index (κ1) is 15.3. The van der Waals surface area contributed by atoms with Gasteiger partial charge in [-0.05, 0) is 54.5 Å². The van der Waals surface area contributed by atoms with Crippen LogP contribution in [0.4, 0.5) is 10.1 Å². The van der Waals surface area contributed by atoms with Gasteiger partial charge in [0.1, 0.15) is 11.6 Å². The lowest BCUT2D eigenvalue weighted by Gasteiger charge is -2.11. The number of methoxy groups -OCH3 is 1. The summed E-state index contributed by atoms with van der Waals surface area (Å²) in [4.78, 5) is 0. The molecule has 0 atom stereocenters. The molecule has 2 N–H and O–H groups in total.